The van der Waals surface area contributed by atoms with Crippen molar-refractivity contribution >= 4 is 32.7 Å². The maximum atomic E-state index is 13.6. The minimum atomic E-state index is -4.54. The van der Waals surface area contributed by atoms with Gasteiger partial charge in [-0.15, -0.1) is 47.5 Å². The van der Waals surface area contributed by atoms with E-state index in [1.54, 1.807) is 24.4 Å². The van der Waals surface area contributed by atoms with E-state index < -0.39 is 18.6 Å². The summed E-state index contributed by atoms with van der Waals surface area (Å²) >= 11 is 0. The number of nitrogens with zero attached hydrogens (tertiary/aromatic N) is 2. The Kier molecular flexibility index (Phi) is 10.0. The Morgan fingerprint density at radius 2 is 1.34 bits per heavy atom. The van der Waals surface area contributed by atoms with Crippen molar-refractivity contribution in [2.24, 2.45) is 0 Å². The summed E-state index contributed by atoms with van der Waals surface area (Å²) in [6.45, 7) is 10.4. The van der Waals surface area contributed by atoms with Crippen LogP contribution in [-0.4, -0.2) is 9.97 Å². The molecule has 0 aliphatic carbocycles. The van der Waals surface area contributed by atoms with Crippen molar-refractivity contribution in [2.45, 2.75) is 65.4 Å². The molecule has 8 heteroatoms. The van der Waals surface area contributed by atoms with Gasteiger partial charge in [-0.2, -0.15) is 13.2 Å². The van der Waals surface area contributed by atoms with Crippen LogP contribution in [0.25, 0.3) is 66.4 Å². The molecule has 0 N–H and O–H groups in total. The summed E-state index contributed by atoms with van der Waals surface area (Å²) in [5.41, 5.74) is 6.53. The van der Waals surface area contributed by atoms with Crippen LogP contribution in [0.15, 0.2) is 120 Å². The molecular weight excluding hydrogens is 889 g/mol. The minimum Gasteiger partial charge on any atom is -0.500 e. The molecule has 0 saturated heterocycles. The molecule has 0 fully saturated rings. The molecule has 0 aliphatic rings. The van der Waals surface area contributed by atoms with Crippen LogP contribution < -0.4 is 0 Å². The molecule has 8 aromatic rings. The van der Waals surface area contributed by atoms with Crippen LogP contribution >= 0.6 is 0 Å². The molecule has 0 spiro atoms. The van der Waals surface area contributed by atoms with Crippen molar-refractivity contribution in [3.05, 3.63) is 156 Å². The molecule has 8 rings (SSSR count). The van der Waals surface area contributed by atoms with Crippen molar-refractivity contribution < 1.29 is 46.2 Å². The number of aryl methyl sites for hydroxylation is 1. The van der Waals surface area contributed by atoms with Gasteiger partial charge in [0.05, 0.1) is 11.1 Å². The van der Waals surface area contributed by atoms with E-state index in [4.69, 9.17) is 8.53 Å². The Balaban J connectivity index is 0.000000273. The molecule has 0 saturated carbocycles. The molecule has 3 heterocycles. The SMILES string of the molecule is CC(C)(C)c1ccc(-c2[c-]cc(F)cc2)nc1.[2H]C([2H])([2H])c1c[c-]c(-c2cc(-c3ccc(C(C)(C)C)cc3)ccn2)c2oc3c4cc(C(F)(F)F)ccc4ccc3c12.[Ir]. The molecule has 56 heavy (non-hydrogen) atoms. The topological polar surface area (TPSA) is 38.9 Å². The predicted octanol–water partition coefficient (Wildman–Crippen LogP) is 13.9. The van der Waals surface area contributed by atoms with Crippen LogP contribution in [0.3, 0.4) is 0 Å². The normalized spacial score (nSPS) is 13.1. The van der Waals surface area contributed by atoms with Gasteiger partial charge < -0.3 is 14.4 Å². The molecule has 0 bridgehead atoms. The number of hydrogen-bond acceptors (Lipinski definition) is 3. The van der Waals surface area contributed by atoms with Crippen molar-refractivity contribution in [1.82, 2.24) is 9.97 Å². The summed E-state index contributed by atoms with van der Waals surface area (Å²) in [4.78, 5) is 8.92. The molecule has 0 atom stereocenters. The van der Waals surface area contributed by atoms with E-state index in [2.05, 4.69) is 81.8 Å². The zero-order chi connectivity index (χ0) is 41.8. The summed E-state index contributed by atoms with van der Waals surface area (Å²) in [6, 6.07) is 34.6. The Morgan fingerprint density at radius 3 is 1.96 bits per heavy atom. The number of aromatic nitrogens is 2. The molecule has 0 amide bonds. The van der Waals surface area contributed by atoms with Gasteiger partial charge in [0.15, 0.2) is 0 Å². The van der Waals surface area contributed by atoms with Gasteiger partial charge in [-0.25, -0.2) is 0 Å². The Morgan fingerprint density at radius 1 is 0.643 bits per heavy atom. The fraction of sp³-hybridized carbons (Fsp3) is 0.208. The number of alkyl halides is 3. The average Bonchev–Trinajstić information content (AvgIpc) is 3.57. The van der Waals surface area contributed by atoms with Gasteiger partial charge in [-0.3, -0.25) is 4.39 Å². The summed E-state index contributed by atoms with van der Waals surface area (Å²) in [5, 5.41) is 1.53. The number of fused-ring (bicyclic) bond motifs is 5. The fourth-order valence-electron chi connectivity index (χ4n) is 6.44. The van der Waals surface area contributed by atoms with Gasteiger partial charge in [-0.05, 0) is 68.1 Å². The van der Waals surface area contributed by atoms with Crippen molar-refractivity contribution in [2.75, 3.05) is 0 Å². The van der Waals surface area contributed by atoms with Crippen LogP contribution in [0.2, 0.25) is 0 Å². The average molecular weight is 932 g/mol. The quantitative estimate of drug-likeness (QED) is 0.131. The zero-order valence-electron chi connectivity index (χ0n) is 34.6. The van der Waals surface area contributed by atoms with Crippen LogP contribution in [-0.2, 0) is 37.1 Å². The van der Waals surface area contributed by atoms with Crippen molar-refractivity contribution in [3.8, 4) is 33.6 Å². The first-order valence-electron chi connectivity index (χ1n) is 19.3. The number of halogens is 4. The predicted molar refractivity (Wildman–Crippen MR) is 214 cm³/mol. The number of furan rings is 1. The van der Waals surface area contributed by atoms with E-state index in [1.807, 2.05) is 36.5 Å². The summed E-state index contributed by atoms with van der Waals surface area (Å²) in [5.74, 6) is -0.278. The fourth-order valence-corrected chi connectivity index (χ4v) is 6.44. The Hall–Kier alpha value is -5.17. The number of benzene rings is 5. The van der Waals surface area contributed by atoms with Gasteiger partial charge >= 0.3 is 6.18 Å². The second-order valence-electron chi connectivity index (χ2n) is 15.6. The number of pyridine rings is 2. The first-order chi connectivity index (χ1) is 27.2. The van der Waals surface area contributed by atoms with Crippen LogP contribution in [0.1, 0.15) is 67.9 Å². The molecular formula is C48H40F4IrN2O-2. The zero-order valence-corrected chi connectivity index (χ0v) is 34.0. The third kappa shape index (κ3) is 8.33. The minimum absolute atomic E-state index is 0. The number of rotatable bonds is 3. The summed E-state index contributed by atoms with van der Waals surface area (Å²) in [6.07, 6.45) is -1.01. The van der Waals surface area contributed by atoms with E-state index in [1.165, 1.54) is 35.4 Å². The molecule has 3 aromatic heterocycles. The summed E-state index contributed by atoms with van der Waals surface area (Å²) < 4.78 is 84.1. The van der Waals surface area contributed by atoms with Crippen LogP contribution in [0.5, 0.6) is 0 Å². The van der Waals surface area contributed by atoms with Crippen molar-refractivity contribution in [1.29, 1.82) is 0 Å². The van der Waals surface area contributed by atoms with Gasteiger partial charge in [0, 0.05) is 53.2 Å². The van der Waals surface area contributed by atoms with E-state index >= 15 is 0 Å². The van der Waals surface area contributed by atoms with Crippen LogP contribution in [0, 0.1) is 24.8 Å². The third-order valence-electron chi connectivity index (χ3n) is 9.64. The Bertz CT molecular complexity index is 2770. The van der Waals surface area contributed by atoms with Gasteiger partial charge in [0.1, 0.15) is 5.58 Å². The molecule has 3 nitrogen and oxygen atoms in total. The van der Waals surface area contributed by atoms with E-state index in [-0.39, 0.29) is 58.9 Å². The smallest absolute Gasteiger partial charge is 0.416 e. The van der Waals surface area contributed by atoms with Gasteiger partial charge in [0.25, 0.3) is 0 Å². The summed E-state index contributed by atoms with van der Waals surface area (Å²) in [7, 11) is 0. The van der Waals surface area contributed by atoms with Crippen LogP contribution in [0.4, 0.5) is 17.6 Å². The largest absolute Gasteiger partial charge is 0.500 e. The third-order valence-corrected chi connectivity index (χ3v) is 9.64. The molecule has 0 unspecified atom stereocenters. The molecule has 5 aromatic carbocycles. The van der Waals surface area contributed by atoms with Gasteiger partial charge in [-0.1, -0.05) is 120 Å². The van der Waals surface area contributed by atoms with Crippen molar-refractivity contribution in [3.63, 3.8) is 0 Å². The first kappa shape index (κ1) is 36.5. The monoisotopic (exact) mass is 932 g/mol. The van der Waals surface area contributed by atoms with E-state index in [0.717, 1.165) is 34.5 Å². The molecule has 0 aliphatic heterocycles. The first-order valence-corrected chi connectivity index (χ1v) is 17.8. The maximum Gasteiger partial charge on any atom is 0.416 e. The Labute approximate surface area is 342 Å². The van der Waals surface area contributed by atoms with E-state index in [9.17, 15) is 17.6 Å². The van der Waals surface area contributed by atoms with Gasteiger partial charge in [0.2, 0.25) is 0 Å². The second-order valence-corrected chi connectivity index (χ2v) is 15.6. The van der Waals surface area contributed by atoms with E-state index in [0.29, 0.717) is 27.4 Å². The maximum absolute atomic E-state index is 13.6. The molecule has 287 valence electrons. The second kappa shape index (κ2) is 15.4. The molecule has 1 radical (unpaired) electrons. The standard InChI is InChI=1S/C33H25F3NO.C15H15FN.Ir/c1-19-5-13-25(28-17-22(15-16-37-28)20-6-10-23(11-7-20)32(2,3)4)31-29(19)26-14-9-21-8-12-24(33(34,35)36)18-27(21)30(26)38-31;1-15(2,3)12-6-9-14(17-10-12)11-4-7-13(16)8-5-11;/h5-12,14-18H,1-4H3;4,6-10H,1-3H3;/q2*-1;/i1D3;;. The number of hydrogen-bond donors (Lipinski definition) is 0.